The first-order valence-corrected chi connectivity index (χ1v) is 8.88. The maximum absolute atomic E-state index is 6.38. The molecule has 1 fully saturated rings. The predicted octanol–water partition coefficient (Wildman–Crippen LogP) is 3.29. The largest absolute Gasteiger partial charge is 0.393 e. The second-order valence-corrected chi connectivity index (χ2v) is 7.13. The molecule has 7 heteroatoms. The van der Waals surface area contributed by atoms with E-state index < -0.39 is 0 Å². The first kappa shape index (κ1) is 17.8. The molecule has 0 bridgehead atoms. The van der Waals surface area contributed by atoms with Crippen molar-refractivity contribution in [2.24, 2.45) is 0 Å². The number of anilines is 4. The molecule has 0 unspecified atom stereocenters. The fraction of sp³-hybridized carbons (Fsp3) is 0.444. The van der Waals surface area contributed by atoms with Crippen molar-refractivity contribution in [3.05, 3.63) is 35.1 Å². The van der Waals surface area contributed by atoms with Crippen LogP contribution in [0.5, 0.6) is 0 Å². The Morgan fingerprint density at radius 2 is 2.00 bits per heavy atom. The third-order valence-electron chi connectivity index (χ3n) is 4.89. The van der Waals surface area contributed by atoms with Gasteiger partial charge in [0.25, 0.3) is 0 Å². The molecule has 1 aromatic carbocycles. The minimum atomic E-state index is 0.439. The molecule has 1 aliphatic heterocycles. The van der Waals surface area contributed by atoms with Crippen molar-refractivity contribution in [2.45, 2.75) is 25.8 Å². The molecule has 0 saturated carbocycles. The van der Waals surface area contributed by atoms with Gasteiger partial charge in [-0.25, -0.2) is 9.97 Å². The lowest BCUT2D eigenvalue weighted by atomic mass is 10.0. The molecular weight excluding hydrogens is 336 g/mol. The van der Waals surface area contributed by atoms with Crippen LogP contribution in [0.2, 0.25) is 5.02 Å². The summed E-state index contributed by atoms with van der Waals surface area (Å²) in [5, 5.41) is 3.96. The Hall–Kier alpha value is -2.05. The monoisotopic (exact) mass is 360 g/mol. The number of nitrogen functional groups attached to an aromatic ring is 1. The molecule has 1 aromatic heterocycles. The molecule has 2 aromatic rings. The van der Waals surface area contributed by atoms with Gasteiger partial charge >= 0.3 is 0 Å². The average molecular weight is 361 g/mol. The van der Waals surface area contributed by atoms with E-state index in [1.807, 2.05) is 25.1 Å². The molecule has 1 aliphatic rings. The topological polar surface area (TPSA) is 70.3 Å². The number of hydrogen-bond donors (Lipinski definition) is 2. The maximum Gasteiger partial charge on any atom is 0.159 e. The van der Waals surface area contributed by atoms with Crippen molar-refractivity contribution in [1.82, 2.24) is 14.9 Å². The maximum atomic E-state index is 6.38. The van der Waals surface area contributed by atoms with Gasteiger partial charge in [0.2, 0.25) is 0 Å². The van der Waals surface area contributed by atoms with Crippen LogP contribution >= 0.6 is 11.6 Å². The van der Waals surface area contributed by atoms with Gasteiger partial charge in [-0.2, -0.15) is 0 Å². The summed E-state index contributed by atoms with van der Waals surface area (Å²) in [6, 6.07) is 6.14. The van der Waals surface area contributed by atoms with Gasteiger partial charge in [0.05, 0.1) is 0 Å². The number of rotatable bonds is 4. The van der Waals surface area contributed by atoms with Crippen LogP contribution in [-0.4, -0.2) is 48.1 Å². The molecule has 25 heavy (non-hydrogen) atoms. The Morgan fingerprint density at radius 1 is 1.28 bits per heavy atom. The Kier molecular flexibility index (Phi) is 5.30. The highest BCUT2D eigenvalue weighted by Gasteiger charge is 2.24. The van der Waals surface area contributed by atoms with Gasteiger partial charge in [-0.1, -0.05) is 17.7 Å². The minimum absolute atomic E-state index is 0.439. The van der Waals surface area contributed by atoms with Crippen LogP contribution in [0.3, 0.4) is 0 Å². The zero-order valence-corrected chi connectivity index (χ0v) is 15.7. The first-order chi connectivity index (χ1) is 12.0. The molecule has 134 valence electrons. The van der Waals surface area contributed by atoms with Crippen LogP contribution in [0.1, 0.15) is 18.4 Å². The highest BCUT2D eigenvalue weighted by molar-refractivity contribution is 6.30. The standard InChI is InChI=1S/C18H25ClN6/c1-12-4-5-13(19)10-15(12)23-17-16(20)18(22-11-21-17)25(3)14-6-8-24(2)9-7-14/h4-5,10-11,14H,6-9,20H2,1-3H3,(H,21,22,23). The summed E-state index contributed by atoms with van der Waals surface area (Å²) >= 11 is 6.10. The zero-order valence-electron chi connectivity index (χ0n) is 15.0. The van der Waals surface area contributed by atoms with Crippen molar-refractivity contribution >= 4 is 34.6 Å². The smallest absolute Gasteiger partial charge is 0.159 e. The number of benzene rings is 1. The molecule has 6 nitrogen and oxygen atoms in total. The van der Waals surface area contributed by atoms with Crippen LogP contribution < -0.4 is 16.0 Å². The van der Waals surface area contributed by atoms with E-state index in [0.29, 0.717) is 22.6 Å². The quantitative estimate of drug-likeness (QED) is 0.871. The lowest BCUT2D eigenvalue weighted by Crippen LogP contribution is -2.42. The summed E-state index contributed by atoms with van der Waals surface area (Å²) in [4.78, 5) is 13.3. The summed E-state index contributed by atoms with van der Waals surface area (Å²) in [6.45, 7) is 4.20. The molecule has 3 rings (SSSR count). The van der Waals surface area contributed by atoms with Crippen LogP contribution in [0, 0.1) is 6.92 Å². The van der Waals surface area contributed by atoms with E-state index in [1.54, 1.807) is 6.33 Å². The summed E-state index contributed by atoms with van der Waals surface area (Å²) in [5.41, 5.74) is 8.91. The van der Waals surface area contributed by atoms with Crippen molar-refractivity contribution in [3.8, 4) is 0 Å². The summed E-state index contributed by atoms with van der Waals surface area (Å²) in [5.74, 6) is 1.38. The van der Waals surface area contributed by atoms with Gasteiger partial charge in [0, 0.05) is 23.8 Å². The number of halogens is 1. The van der Waals surface area contributed by atoms with Gasteiger partial charge in [0.1, 0.15) is 12.0 Å². The van der Waals surface area contributed by atoms with E-state index >= 15 is 0 Å². The van der Waals surface area contributed by atoms with Crippen molar-refractivity contribution < 1.29 is 0 Å². The Labute approximate surface area is 154 Å². The van der Waals surface area contributed by atoms with Crippen molar-refractivity contribution in [1.29, 1.82) is 0 Å². The molecule has 2 heterocycles. The molecule has 0 atom stereocenters. The van der Waals surface area contributed by atoms with E-state index in [0.717, 1.165) is 43.0 Å². The Morgan fingerprint density at radius 3 is 2.72 bits per heavy atom. The number of piperidine rings is 1. The van der Waals surface area contributed by atoms with Crippen molar-refractivity contribution in [2.75, 3.05) is 43.1 Å². The fourth-order valence-corrected chi connectivity index (χ4v) is 3.35. The molecular formula is C18H25ClN6. The second-order valence-electron chi connectivity index (χ2n) is 6.69. The zero-order chi connectivity index (χ0) is 18.0. The summed E-state index contributed by atoms with van der Waals surface area (Å²) < 4.78 is 0. The van der Waals surface area contributed by atoms with Crippen LogP contribution in [0.15, 0.2) is 24.5 Å². The second kappa shape index (κ2) is 7.45. The normalized spacial score (nSPS) is 16.0. The molecule has 0 aliphatic carbocycles. The van der Waals surface area contributed by atoms with Gasteiger partial charge < -0.3 is 20.9 Å². The number of nitrogens with one attached hydrogen (secondary N) is 1. The van der Waals surface area contributed by atoms with E-state index in [4.69, 9.17) is 17.3 Å². The van der Waals surface area contributed by atoms with E-state index in [9.17, 15) is 0 Å². The van der Waals surface area contributed by atoms with E-state index in [2.05, 4.69) is 39.2 Å². The minimum Gasteiger partial charge on any atom is -0.393 e. The first-order valence-electron chi connectivity index (χ1n) is 8.50. The van der Waals surface area contributed by atoms with Gasteiger partial charge in [-0.05, 0) is 57.6 Å². The van der Waals surface area contributed by atoms with Gasteiger partial charge in [-0.3, -0.25) is 0 Å². The molecule has 3 N–H and O–H groups in total. The molecule has 0 radical (unpaired) electrons. The Bertz CT molecular complexity index is 742. The van der Waals surface area contributed by atoms with Crippen LogP contribution in [-0.2, 0) is 0 Å². The number of aryl methyl sites for hydroxylation is 1. The number of nitrogens with two attached hydrogens (primary N) is 1. The summed E-state index contributed by atoms with van der Waals surface area (Å²) in [7, 11) is 4.22. The van der Waals surface area contributed by atoms with Gasteiger partial charge in [0.15, 0.2) is 11.6 Å². The predicted molar refractivity (Wildman–Crippen MR) is 105 cm³/mol. The molecule has 0 spiro atoms. The van der Waals surface area contributed by atoms with E-state index in [1.165, 1.54) is 0 Å². The van der Waals surface area contributed by atoms with Crippen LogP contribution in [0.4, 0.5) is 23.0 Å². The molecule has 1 saturated heterocycles. The highest BCUT2D eigenvalue weighted by Crippen LogP contribution is 2.32. The lowest BCUT2D eigenvalue weighted by Gasteiger charge is -2.36. The van der Waals surface area contributed by atoms with Gasteiger partial charge in [-0.15, -0.1) is 0 Å². The summed E-state index contributed by atoms with van der Waals surface area (Å²) in [6.07, 6.45) is 3.76. The fourth-order valence-electron chi connectivity index (χ4n) is 3.18. The Balaban J connectivity index is 1.83. The van der Waals surface area contributed by atoms with Crippen LogP contribution in [0.25, 0.3) is 0 Å². The number of aromatic nitrogens is 2. The van der Waals surface area contributed by atoms with E-state index in [-0.39, 0.29) is 0 Å². The molecule has 0 amide bonds. The highest BCUT2D eigenvalue weighted by atomic mass is 35.5. The number of nitrogens with zero attached hydrogens (tertiary/aromatic N) is 4. The van der Waals surface area contributed by atoms with Crippen molar-refractivity contribution in [3.63, 3.8) is 0 Å². The lowest BCUT2D eigenvalue weighted by molar-refractivity contribution is 0.252. The third-order valence-corrected chi connectivity index (χ3v) is 5.12. The SMILES string of the molecule is Cc1ccc(Cl)cc1Nc1ncnc(N(C)C2CCN(C)CC2)c1N. The third kappa shape index (κ3) is 3.96. The average Bonchev–Trinajstić information content (AvgIpc) is 2.60. The number of hydrogen-bond acceptors (Lipinski definition) is 6. The number of likely N-dealkylation sites (tertiary alicyclic amines) is 1.